The van der Waals surface area contributed by atoms with Crippen LogP contribution in [0.4, 0.5) is 5.69 Å². The Kier molecular flexibility index (Phi) is 5.66. The van der Waals surface area contributed by atoms with E-state index < -0.39 is 6.04 Å². The average Bonchev–Trinajstić information content (AvgIpc) is 2.67. The second kappa shape index (κ2) is 7.98. The molecule has 144 valence electrons. The summed E-state index contributed by atoms with van der Waals surface area (Å²) in [6.45, 7) is 7.54. The fraction of sp³-hybridized carbons (Fsp3) is 0.227. The smallest absolute Gasteiger partial charge is 0.267 e. The summed E-state index contributed by atoms with van der Waals surface area (Å²) in [5.74, 6) is -0.336. The lowest BCUT2D eigenvalue weighted by atomic mass is 10.0. The van der Waals surface area contributed by atoms with Crippen LogP contribution in [0.15, 0.2) is 53.3 Å². The topological polar surface area (TPSA) is 64.0 Å². The number of hydrogen-bond acceptors (Lipinski definition) is 3. The van der Waals surface area contributed by atoms with Gasteiger partial charge in [0.2, 0.25) is 5.91 Å². The summed E-state index contributed by atoms with van der Waals surface area (Å²) in [5, 5.41) is 7.83. The summed E-state index contributed by atoms with van der Waals surface area (Å²) in [7, 11) is 0. The lowest BCUT2D eigenvalue weighted by Gasteiger charge is -2.16. The summed E-state index contributed by atoms with van der Waals surface area (Å²) in [6.07, 6.45) is 0. The average molecular weight is 396 g/mol. The normalized spacial score (nSPS) is 11.9. The maximum absolute atomic E-state index is 12.7. The van der Waals surface area contributed by atoms with Gasteiger partial charge in [0.15, 0.2) is 0 Å². The molecule has 28 heavy (non-hydrogen) atoms. The molecule has 0 bridgehead atoms. The lowest BCUT2D eigenvalue weighted by molar-refractivity contribution is -0.119. The van der Waals surface area contributed by atoms with Crippen LogP contribution < -0.4 is 10.9 Å². The van der Waals surface area contributed by atoms with Crippen LogP contribution in [-0.4, -0.2) is 15.7 Å². The van der Waals surface area contributed by atoms with Crippen LogP contribution in [0, 0.1) is 20.8 Å². The van der Waals surface area contributed by atoms with Crippen molar-refractivity contribution in [1.82, 2.24) is 9.78 Å². The molecule has 5 nitrogen and oxygen atoms in total. The first-order valence-corrected chi connectivity index (χ1v) is 9.39. The quantitative estimate of drug-likeness (QED) is 0.697. The molecule has 0 saturated heterocycles. The predicted molar refractivity (Wildman–Crippen MR) is 113 cm³/mol. The first kappa shape index (κ1) is 19.8. The number of carbonyl (C=O) groups excluding carboxylic acids is 1. The highest BCUT2D eigenvalue weighted by molar-refractivity contribution is 6.31. The summed E-state index contributed by atoms with van der Waals surface area (Å²) in [4.78, 5) is 25.1. The zero-order valence-corrected chi connectivity index (χ0v) is 17.0. The van der Waals surface area contributed by atoms with Crippen molar-refractivity contribution in [3.8, 4) is 11.3 Å². The van der Waals surface area contributed by atoms with E-state index in [0.29, 0.717) is 16.4 Å². The van der Waals surface area contributed by atoms with Crippen LogP contribution in [0.2, 0.25) is 5.02 Å². The van der Waals surface area contributed by atoms with Crippen molar-refractivity contribution in [1.29, 1.82) is 0 Å². The fourth-order valence-corrected chi connectivity index (χ4v) is 3.02. The number of nitrogens with one attached hydrogen (secondary N) is 1. The van der Waals surface area contributed by atoms with Crippen LogP contribution in [-0.2, 0) is 4.79 Å². The Hall–Kier alpha value is -2.92. The molecule has 0 spiro atoms. The number of benzene rings is 2. The van der Waals surface area contributed by atoms with Crippen LogP contribution in [0.25, 0.3) is 11.3 Å². The molecule has 0 saturated carbocycles. The van der Waals surface area contributed by atoms with E-state index >= 15 is 0 Å². The molecule has 2 aromatic carbocycles. The zero-order valence-electron chi connectivity index (χ0n) is 16.3. The Morgan fingerprint density at radius 2 is 1.82 bits per heavy atom. The van der Waals surface area contributed by atoms with Gasteiger partial charge >= 0.3 is 0 Å². The minimum Gasteiger partial charge on any atom is -0.324 e. The molecule has 0 aliphatic carbocycles. The third-order valence-electron chi connectivity index (χ3n) is 4.90. The molecule has 0 aliphatic rings. The van der Waals surface area contributed by atoms with E-state index in [4.69, 9.17) is 11.6 Å². The summed E-state index contributed by atoms with van der Waals surface area (Å²) in [6, 6.07) is 13.6. The highest BCUT2D eigenvalue weighted by atomic mass is 35.5. The molecular weight excluding hydrogens is 374 g/mol. The van der Waals surface area contributed by atoms with Gasteiger partial charge in [-0.05, 0) is 68.7 Å². The Morgan fingerprint density at radius 1 is 1.07 bits per heavy atom. The van der Waals surface area contributed by atoms with Crippen molar-refractivity contribution in [3.63, 3.8) is 0 Å². The van der Waals surface area contributed by atoms with E-state index in [9.17, 15) is 9.59 Å². The number of anilines is 1. The number of aromatic nitrogens is 2. The number of halogens is 1. The molecular formula is C22H22ClN3O2. The molecule has 1 aromatic heterocycles. The molecule has 1 atom stereocenters. The SMILES string of the molecule is Cc1ccc(-c2ccc(=O)n([C@H](C)C(=O)Nc3cccc(Cl)c3C)n2)cc1C. The molecule has 3 aromatic rings. The maximum Gasteiger partial charge on any atom is 0.267 e. The third-order valence-corrected chi connectivity index (χ3v) is 5.31. The summed E-state index contributed by atoms with van der Waals surface area (Å²) >= 11 is 6.11. The molecule has 1 N–H and O–H groups in total. The monoisotopic (exact) mass is 395 g/mol. The number of hydrogen-bond donors (Lipinski definition) is 1. The van der Waals surface area contributed by atoms with Crippen molar-refractivity contribution in [3.05, 3.63) is 80.6 Å². The number of aryl methyl sites for hydroxylation is 2. The Bertz CT molecular complexity index is 1110. The van der Waals surface area contributed by atoms with Gasteiger partial charge in [0, 0.05) is 22.3 Å². The largest absolute Gasteiger partial charge is 0.324 e. The standard InChI is InChI=1S/C22H22ClN3O2/c1-13-8-9-17(12-14(13)2)20-10-11-21(27)26(25-20)16(4)22(28)24-19-7-5-6-18(23)15(19)3/h5-12,16H,1-4H3,(H,24,28)/t16-/m1/s1. The summed E-state index contributed by atoms with van der Waals surface area (Å²) in [5.41, 5.74) is 4.91. The first-order valence-electron chi connectivity index (χ1n) is 9.01. The molecule has 3 rings (SSSR count). The minimum atomic E-state index is -0.780. The molecule has 6 heteroatoms. The number of amides is 1. The van der Waals surface area contributed by atoms with E-state index in [0.717, 1.165) is 16.7 Å². The van der Waals surface area contributed by atoms with Gasteiger partial charge in [-0.25, -0.2) is 4.68 Å². The molecule has 0 aliphatic heterocycles. The fourth-order valence-electron chi connectivity index (χ4n) is 2.85. The maximum atomic E-state index is 12.7. The number of rotatable bonds is 4. The van der Waals surface area contributed by atoms with E-state index in [1.54, 1.807) is 31.2 Å². The van der Waals surface area contributed by atoms with Gasteiger partial charge in [-0.2, -0.15) is 5.10 Å². The van der Waals surface area contributed by atoms with Gasteiger partial charge in [0.05, 0.1) is 5.69 Å². The van der Waals surface area contributed by atoms with E-state index in [1.807, 2.05) is 39.0 Å². The van der Waals surface area contributed by atoms with Gasteiger partial charge < -0.3 is 5.32 Å². The number of nitrogens with zero attached hydrogens (tertiary/aromatic N) is 2. The minimum absolute atomic E-state index is 0.335. The van der Waals surface area contributed by atoms with Gasteiger partial charge in [-0.3, -0.25) is 9.59 Å². The van der Waals surface area contributed by atoms with E-state index in [2.05, 4.69) is 10.4 Å². The van der Waals surface area contributed by atoms with E-state index in [-0.39, 0.29) is 11.5 Å². The van der Waals surface area contributed by atoms with Crippen molar-refractivity contribution in [2.75, 3.05) is 5.32 Å². The first-order chi connectivity index (χ1) is 13.3. The molecule has 1 heterocycles. The van der Waals surface area contributed by atoms with E-state index in [1.165, 1.54) is 16.3 Å². The van der Waals surface area contributed by atoms with Crippen molar-refractivity contribution < 1.29 is 4.79 Å². The highest BCUT2D eigenvalue weighted by Gasteiger charge is 2.19. The zero-order chi connectivity index (χ0) is 20.4. The van der Waals surface area contributed by atoms with Gasteiger partial charge in [0.1, 0.15) is 6.04 Å². The van der Waals surface area contributed by atoms with Crippen LogP contribution in [0.1, 0.15) is 29.7 Å². The van der Waals surface area contributed by atoms with Crippen molar-refractivity contribution >= 4 is 23.2 Å². The van der Waals surface area contributed by atoms with Crippen molar-refractivity contribution in [2.45, 2.75) is 33.7 Å². The molecule has 0 unspecified atom stereocenters. The van der Waals surface area contributed by atoms with Crippen LogP contribution >= 0.6 is 11.6 Å². The van der Waals surface area contributed by atoms with Gasteiger partial charge in [0.25, 0.3) is 5.56 Å². The van der Waals surface area contributed by atoms with Crippen LogP contribution in [0.3, 0.4) is 0 Å². The van der Waals surface area contributed by atoms with Gasteiger partial charge in [-0.1, -0.05) is 29.8 Å². The second-order valence-electron chi connectivity index (χ2n) is 6.88. The Morgan fingerprint density at radius 3 is 2.54 bits per heavy atom. The summed E-state index contributed by atoms with van der Waals surface area (Å²) < 4.78 is 1.21. The Balaban J connectivity index is 1.91. The molecule has 1 amide bonds. The second-order valence-corrected chi connectivity index (χ2v) is 7.29. The molecule has 0 radical (unpaired) electrons. The van der Waals surface area contributed by atoms with Crippen molar-refractivity contribution in [2.24, 2.45) is 0 Å². The van der Waals surface area contributed by atoms with Gasteiger partial charge in [-0.15, -0.1) is 0 Å². The van der Waals surface area contributed by atoms with Crippen LogP contribution in [0.5, 0.6) is 0 Å². The third kappa shape index (κ3) is 3.99. The lowest BCUT2D eigenvalue weighted by Crippen LogP contribution is -2.33. The predicted octanol–water partition coefficient (Wildman–Crippen LogP) is 4.69. The highest BCUT2D eigenvalue weighted by Crippen LogP contribution is 2.24. The Labute approximate surface area is 169 Å². The number of carbonyl (C=O) groups is 1. The molecule has 0 fully saturated rings.